The van der Waals surface area contributed by atoms with Crippen molar-refractivity contribution in [2.75, 3.05) is 6.61 Å². The molecule has 0 saturated carbocycles. The van der Waals surface area contributed by atoms with Crippen LogP contribution in [0.4, 0.5) is 0 Å². The Kier molecular flexibility index (Phi) is 12.3. The Bertz CT molecular complexity index is 262. The summed E-state index contributed by atoms with van der Waals surface area (Å²) >= 11 is 6.29. The lowest BCUT2D eigenvalue weighted by Gasteiger charge is -2.11. The average Bonchev–Trinajstić information content (AvgIpc) is 2.38. The summed E-state index contributed by atoms with van der Waals surface area (Å²) in [5.41, 5.74) is 0. The molecule has 0 radical (unpaired) electrons. The molecule has 0 aromatic heterocycles. The fourth-order valence-electron chi connectivity index (χ4n) is 2.12. The van der Waals surface area contributed by atoms with E-state index in [-0.39, 0.29) is 5.97 Å². The second kappa shape index (κ2) is 12.5. The molecule has 0 unspecified atom stereocenters. The predicted octanol–water partition coefficient (Wildman–Crippen LogP) is 5.67. The molecule has 0 aliphatic carbocycles. The molecule has 0 rings (SSSR count). The van der Waals surface area contributed by atoms with Crippen LogP contribution in [-0.4, -0.2) is 20.0 Å². The van der Waals surface area contributed by atoms with E-state index in [1.165, 1.54) is 57.1 Å². The lowest BCUT2D eigenvalue weighted by molar-refractivity contribution is -0.137. The minimum atomic E-state index is -1.33. The molecule has 118 valence electrons. The second-order valence-electron chi connectivity index (χ2n) is 6.02. The molecule has 0 aromatic carbocycles. The van der Waals surface area contributed by atoms with Crippen LogP contribution in [0.15, 0.2) is 12.7 Å². The highest BCUT2D eigenvalue weighted by Gasteiger charge is 2.15. The first-order chi connectivity index (χ1) is 9.45. The Hall–Kier alpha value is -0.283. The normalized spacial score (nSPS) is 11.3. The Balaban J connectivity index is 3.10. The number of carbonyl (C=O) groups is 1. The van der Waals surface area contributed by atoms with Gasteiger partial charge in [-0.3, -0.25) is 0 Å². The van der Waals surface area contributed by atoms with Crippen LogP contribution in [0.3, 0.4) is 0 Å². The first-order valence-electron chi connectivity index (χ1n) is 7.94. The summed E-state index contributed by atoms with van der Waals surface area (Å²) in [6.45, 7) is 8.34. The molecule has 0 fully saturated rings. The molecule has 0 bridgehead atoms. The standard InChI is InChI=1S/C16H31ClO2Si/c1-4-16(18)19-14-12-10-8-6-5-7-9-11-13-15-20(2,3)17/h4H,1,5-15H2,2-3H3. The van der Waals surface area contributed by atoms with Crippen molar-refractivity contribution in [1.82, 2.24) is 0 Å². The zero-order chi connectivity index (χ0) is 15.3. The van der Waals surface area contributed by atoms with Gasteiger partial charge in [-0.15, -0.1) is 0 Å². The SMILES string of the molecule is C=CC(=O)OCCCCCCCCCCC[Si](C)(C)Cl. The molecule has 0 amide bonds. The summed E-state index contributed by atoms with van der Waals surface area (Å²) < 4.78 is 4.93. The van der Waals surface area contributed by atoms with Gasteiger partial charge in [-0.25, -0.2) is 4.79 Å². The van der Waals surface area contributed by atoms with Crippen LogP contribution in [0.2, 0.25) is 19.1 Å². The lowest BCUT2D eigenvalue weighted by atomic mass is 10.1. The lowest BCUT2D eigenvalue weighted by Crippen LogP contribution is -2.14. The van der Waals surface area contributed by atoms with Crippen LogP contribution in [0.1, 0.15) is 57.8 Å². The van der Waals surface area contributed by atoms with Crippen molar-refractivity contribution in [3.05, 3.63) is 12.7 Å². The fourth-order valence-corrected chi connectivity index (χ4v) is 3.61. The first-order valence-corrected chi connectivity index (χ1v) is 12.2. The number of halogens is 1. The van der Waals surface area contributed by atoms with E-state index in [2.05, 4.69) is 19.7 Å². The van der Waals surface area contributed by atoms with Crippen LogP contribution >= 0.6 is 11.1 Å². The van der Waals surface area contributed by atoms with Crippen LogP contribution in [-0.2, 0) is 9.53 Å². The smallest absolute Gasteiger partial charge is 0.330 e. The molecule has 0 N–H and O–H groups in total. The van der Waals surface area contributed by atoms with Crippen molar-refractivity contribution in [2.45, 2.75) is 76.9 Å². The van der Waals surface area contributed by atoms with Gasteiger partial charge in [0.05, 0.1) is 6.61 Å². The van der Waals surface area contributed by atoms with Crippen molar-refractivity contribution < 1.29 is 9.53 Å². The van der Waals surface area contributed by atoms with Gasteiger partial charge >= 0.3 is 5.97 Å². The van der Waals surface area contributed by atoms with E-state index in [1.54, 1.807) is 0 Å². The van der Waals surface area contributed by atoms with Crippen molar-refractivity contribution in [1.29, 1.82) is 0 Å². The quantitative estimate of drug-likeness (QED) is 0.144. The summed E-state index contributed by atoms with van der Waals surface area (Å²) in [5.74, 6) is -0.312. The summed E-state index contributed by atoms with van der Waals surface area (Å²) in [7, 11) is -1.33. The zero-order valence-electron chi connectivity index (χ0n) is 13.3. The number of unbranched alkanes of at least 4 members (excludes halogenated alkanes) is 8. The largest absolute Gasteiger partial charge is 0.463 e. The maximum atomic E-state index is 10.8. The van der Waals surface area contributed by atoms with Gasteiger partial charge in [0.25, 0.3) is 0 Å². The molecule has 0 aliphatic rings. The van der Waals surface area contributed by atoms with E-state index in [9.17, 15) is 4.79 Å². The number of rotatable bonds is 13. The van der Waals surface area contributed by atoms with E-state index in [0.29, 0.717) is 6.61 Å². The van der Waals surface area contributed by atoms with Gasteiger partial charge in [0.15, 0.2) is 0 Å². The molecule has 0 saturated heterocycles. The summed E-state index contributed by atoms with van der Waals surface area (Å²) in [4.78, 5) is 10.8. The van der Waals surface area contributed by atoms with E-state index < -0.39 is 7.38 Å². The fraction of sp³-hybridized carbons (Fsp3) is 0.812. The number of carbonyl (C=O) groups excluding carboxylic acids is 1. The Morgan fingerprint density at radius 1 is 1.00 bits per heavy atom. The van der Waals surface area contributed by atoms with Crippen molar-refractivity contribution in [2.24, 2.45) is 0 Å². The third-order valence-corrected chi connectivity index (χ3v) is 5.44. The van der Waals surface area contributed by atoms with E-state index >= 15 is 0 Å². The van der Waals surface area contributed by atoms with Crippen molar-refractivity contribution >= 4 is 24.4 Å². The number of esters is 1. The minimum Gasteiger partial charge on any atom is -0.463 e. The predicted molar refractivity (Wildman–Crippen MR) is 90.9 cm³/mol. The van der Waals surface area contributed by atoms with E-state index in [1.807, 2.05) is 0 Å². The third kappa shape index (κ3) is 15.8. The highest BCUT2D eigenvalue weighted by molar-refractivity contribution is 7.19. The van der Waals surface area contributed by atoms with Gasteiger partial charge in [-0.05, 0) is 12.5 Å². The zero-order valence-corrected chi connectivity index (χ0v) is 15.0. The summed E-state index contributed by atoms with van der Waals surface area (Å²) in [5, 5.41) is 0. The van der Waals surface area contributed by atoms with Gasteiger partial charge in [0, 0.05) is 6.08 Å². The molecular weight excluding hydrogens is 288 g/mol. The second-order valence-corrected chi connectivity index (χ2v) is 13.0. The maximum Gasteiger partial charge on any atom is 0.330 e. The number of ether oxygens (including phenoxy) is 1. The number of hydrogen-bond donors (Lipinski definition) is 0. The van der Waals surface area contributed by atoms with Gasteiger partial charge in [0.2, 0.25) is 0 Å². The van der Waals surface area contributed by atoms with Gasteiger partial charge in [0.1, 0.15) is 7.38 Å². The van der Waals surface area contributed by atoms with Crippen LogP contribution in [0.25, 0.3) is 0 Å². The highest BCUT2D eigenvalue weighted by atomic mass is 35.6. The number of hydrogen-bond acceptors (Lipinski definition) is 2. The monoisotopic (exact) mass is 318 g/mol. The molecule has 4 heteroatoms. The van der Waals surface area contributed by atoms with E-state index in [4.69, 9.17) is 15.8 Å². The first kappa shape index (κ1) is 19.7. The van der Waals surface area contributed by atoms with Gasteiger partial charge in [-0.1, -0.05) is 71.0 Å². The Labute approximate surface area is 130 Å². The summed E-state index contributed by atoms with van der Waals surface area (Å²) in [6, 6.07) is 1.25. The maximum absolute atomic E-state index is 10.8. The van der Waals surface area contributed by atoms with E-state index in [0.717, 1.165) is 12.8 Å². The van der Waals surface area contributed by atoms with Crippen LogP contribution in [0.5, 0.6) is 0 Å². The Morgan fingerprint density at radius 3 is 1.90 bits per heavy atom. The summed E-state index contributed by atoms with van der Waals surface area (Å²) in [6.07, 6.45) is 12.5. The average molecular weight is 319 g/mol. The topological polar surface area (TPSA) is 26.3 Å². The third-order valence-electron chi connectivity index (χ3n) is 3.33. The van der Waals surface area contributed by atoms with Gasteiger partial charge < -0.3 is 4.74 Å². The molecule has 2 nitrogen and oxygen atoms in total. The van der Waals surface area contributed by atoms with Crippen molar-refractivity contribution in [3.63, 3.8) is 0 Å². The molecule has 0 atom stereocenters. The van der Waals surface area contributed by atoms with Crippen LogP contribution in [0, 0.1) is 0 Å². The molecule has 0 aliphatic heterocycles. The van der Waals surface area contributed by atoms with Crippen LogP contribution < -0.4 is 0 Å². The molecule has 0 spiro atoms. The Morgan fingerprint density at radius 2 is 1.45 bits per heavy atom. The highest BCUT2D eigenvalue weighted by Crippen LogP contribution is 2.19. The van der Waals surface area contributed by atoms with Crippen molar-refractivity contribution in [3.8, 4) is 0 Å². The van der Waals surface area contributed by atoms with Gasteiger partial charge in [-0.2, -0.15) is 11.1 Å². The molecule has 0 aromatic rings. The minimum absolute atomic E-state index is 0.312. The molecule has 20 heavy (non-hydrogen) atoms. The molecular formula is C16H31ClO2Si. The molecule has 0 heterocycles.